The van der Waals surface area contributed by atoms with Crippen LogP contribution in [0.25, 0.3) is 0 Å². The molecule has 0 spiro atoms. The summed E-state index contributed by atoms with van der Waals surface area (Å²) in [4.78, 5) is 36.5. The molecule has 0 saturated carbocycles. The number of esters is 1. The summed E-state index contributed by atoms with van der Waals surface area (Å²) >= 11 is 1.28. The second kappa shape index (κ2) is 10.7. The SMILES string of the molecule is CC[C@@H](C)c1ccccc1NC(=O)COC(=O)c1ccccc1SCC(C)=O. The lowest BCUT2D eigenvalue weighted by molar-refractivity contribution is -0.119. The molecule has 0 aromatic heterocycles. The van der Waals surface area contributed by atoms with Crippen LogP contribution in [0.3, 0.4) is 0 Å². The predicted octanol–water partition coefficient (Wildman–Crippen LogP) is 4.68. The van der Waals surface area contributed by atoms with Crippen LogP contribution in [0.1, 0.15) is 49.0 Å². The smallest absolute Gasteiger partial charge is 0.339 e. The van der Waals surface area contributed by atoms with Gasteiger partial charge in [-0.15, -0.1) is 11.8 Å². The molecule has 0 unspecified atom stereocenters. The molecule has 1 amide bonds. The minimum Gasteiger partial charge on any atom is -0.452 e. The highest BCUT2D eigenvalue weighted by molar-refractivity contribution is 8.00. The molecule has 0 aliphatic rings. The number of hydrogen-bond donors (Lipinski definition) is 1. The average Bonchev–Trinajstić information content (AvgIpc) is 2.70. The van der Waals surface area contributed by atoms with Gasteiger partial charge in [0, 0.05) is 10.6 Å². The van der Waals surface area contributed by atoms with E-state index in [9.17, 15) is 14.4 Å². The van der Waals surface area contributed by atoms with E-state index in [4.69, 9.17) is 4.74 Å². The number of thioether (sulfide) groups is 1. The van der Waals surface area contributed by atoms with Gasteiger partial charge in [0.25, 0.3) is 5.91 Å². The van der Waals surface area contributed by atoms with Crippen molar-refractivity contribution in [3.63, 3.8) is 0 Å². The van der Waals surface area contributed by atoms with Gasteiger partial charge < -0.3 is 10.1 Å². The maximum atomic E-state index is 12.4. The van der Waals surface area contributed by atoms with Crippen LogP contribution in [0.2, 0.25) is 0 Å². The molecule has 0 aliphatic heterocycles. The highest BCUT2D eigenvalue weighted by atomic mass is 32.2. The number of nitrogens with one attached hydrogen (secondary N) is 1. The zero-order chi connectivity index (χ0) is 20.5. The van der Waals surface area contributed by atoms with Crippen LogP contribution >= 0.6 is 11.8 Å². The summed E-state index contributed by atoms with van der Waals surface area (Å²) < 4.78 is 5.19. The molecule has 1 atom stereocenters. The van der Waals surface area contributed by atoms with Crippen LogP contribution in [0, 0.1) is 0 Å². The molecule has 0 radical (unpaired) electrons. The number of ketones is 1. The van der Waals surface area contributed by atoms with Crippen LogP contribution in [0.5, 0.6) is 0 Å². The largest absolute Gasteiger partial charge is 0.452 e. The Hall–Kier alpha value is -2.60. The van der Waals surface area contributed by atoms with Crippen LogP contribution in [-0.4, -0.2) is 30.0 Å². The average molecular weight is 400 g/mol. The van der Waals surface area contributed by atoms with E-state index in [0.29, 0.717) is 16.4 Å². The molecule has 5 nitrogen and oxygen atoms in total. The van der Waals surface area contributed by atoms with Gasteiger partial charge >= 0.3 is 5.97 Å². The molecule has 2 aromatic carbocycles. The lowest BCUT2D eigenvalue weighted by atomic mass is 9.97. The van der Waals surface area contributed by atoms with Crippen molar-refractivity contribution in [2.75, 3.05) is 17.7 Å². The molecule has 6 heteroatoms. The highest BCUT2D eigenvalue weighted by Crippen LogP contribution is 2.26. The van der Waals surface area contributed by atoms with Crippen LogP contribution < -0.4 is 5.32 Å². The van der Waals surface area contributed by atoms with Crippen molar-refractivity contribution in [2.24, 2.45) is 0 Å². The first-order valence-corrected chi connectivity index (χ1v) is 10.2. The zero-order valence-corrected chi connectivity index (χ0v) is 17.2. The van der Waals surface area contributed by atoms with Crippen LogP contribution in [0.4, 0.5) is 5.69 Å². The molecule has 0 bridgehead atoms. The topological polar surface area (TPSA) is 72.5 Å². The summed E-state index contributed by atoms with van der Waals surface area (Å²) in [6.07, 6.45) is 0.955. The molecule has 0 aliphatic carbocycles. The third-order valence-corrected chi connectivity index (χ3v) is 5.47. The minimum atomic E-state index is -0.586. The summed E-state index contributed by atoms with van der Waals surface area (Å²) in [5.41, 5.74) is 2.13. The van der Waals surface area contributed by atoms with Crippen molar-refractivity contribution >= 4 is 35.1 Å². The van der Waals surface area contributed by atoms with Crippen LogP contribution in [-0.2, 0) is 14.3 Å². The number of ether oxygens (including phenoxy) is 1. The molecule has 0 fully saturated rings. The molecular formula is C22H25NO4S. The minimum absolute atomic E-state index is 0.0209. The standard InChI is InChI=1S/C22H25NO4S/c1-4-15(2)17-9-5-7-11-19(17)23-21(25)13-27-22(26)18-10-6-8-12-20(18)28-14-16(3)24/h5-12,15H,4,13-14H2,1-3H3,(H,23,25)/t15-/m1/s1. The molecule has 148 valence electrons. The number of amides is 1. The summed E-state index contributed by atoms with van der Waals surface area (Å²) in [6.45, 7) is 5.31. The normalized spacial score (nSPS) is 11.5. The highest BCUT2D eigenvalue weighted by Gasteiger charge is 2.16. The van der Waals surface area contributed by atoms with Gasteiger partial charge in [-0.25, -0.2) is 4.79 Å². The first-order chi connectivity index (χ1) is 13.4. The van der Waals surface area contributed by atoms with E-state index in [2.05, 4.69) is 19.2 Å². The number of rotatable bonds is 9. The molecule has 2 rings (SSSR count). The van der Waals surface area contributed by atoms with Crippen LogP contribution in [0.15, 0.2) is 53.4 Å². The fourth-order valence-corrected chi connectivity index (χ4v) is 3.44. The number of anilines is 1. The van der Waals surface area contributed by atoms with Gasteiger partial charge in [-0.2, -0.15) is 0 Å². The summed E-state index contributed by atoms with van der Waals surface area (Å²) in [5, 5.41) is 2.82. The molecular weight excluding hydrogens is 374 g/mol. The maximum absolute atomic E-state index is 12.4. The van der Waals surface area contributed by atoms with Crippen molar-refractivity contribution in [3.8, 4) is 0 Å². The predicted molar refractivity (Wildman–Crippen MR) is 112 cm³/mol. The van der Waals surface area contributed by atoms with Crippen molar-refractivity contribution < 1.29 is 19.1 Å². The lowest BCUT2D eigenvalue weighted by Crippen LogP contribution is -2.22. The first-order valence-electron chi connectivity index (χ1n) is 9.19. The van der Waals surface area contributed by atoms with E-state index in [0.717, 1.165) is 17.7 Å². The Balaban J connectivity index is 1.99. The maximum Gasteiger partial charge on any atom is 0.339 e. The van der Waals surface area contributed by atoms with Gasteiger partial charge in [-0.3, -0.25) is 9.59 Å². The zero-order valence-electron chi connectivity index (χ0n) is 16.4. The van der Waals surface area contributed by atoms with E-state index in [1.807, 2.05) is 24.3 Å². The number of Topliss-reactive ketones (excluding diaryl/α,β-unsaturated/α-hetero) is 1. The van der Waals surface area contributed by atoms with Crippen molar-refractivity contribution in [2.45, 2.75) is 38.0 Å². The summed E-state index contributed by atoms with van der Waals surface area (Å²) in [6, 6.07) is 14.5. The van der Waals surface area contributed by atoms with Gasteiger partial charge in [-0.1, -0.05) is 44.2 Å². The van der Waals surface area contributed by atoms with Crippen molar-refractivity contribution in [3.05, 3.63) is 59.7 Å². The molecule has 2 aromatic rings. The van der Waals surface area contributed by atoms with Crippen molar-refractivity contribution in [1.29, 1.82) is 0 Å². The monoisotopic (exact) mass is 399 g/mol. The second-order valence-corrected chi connectivity index (χ2v) is 7.52. The Kier molecular flexibility index (Phi) is 8.26. The number of para-hydroxylation sites is 1. The van der Waals surface area contributed by atoms with E-state index >= 15 is 0 Å². The van der Waals surface area contributed by atoms with Gasteiger partial charge in [-0.05, 0) is 43.0 Å². The van der Waals surface area contributed by atoms with E-state index in [1.165, 1.54) is 18.7 Å². The Morgan fingerprint density at radius 1 is 1.07 bits per heavy atom. The van der Waals surface area contributed by atoms with Gasteiger partial charge in [0.1, 0.15) is 5.78 Å². The Morgan fingerprint density at radius 3 is 2.46 bits per heavy atom. The number of benzene rings is 2. The lowest BCUT2D eigenvalue weighted by Gasteiger charge is -2.15. The molecule has 0 saturated heterocycles. The summed E-state index contributed by atoms with van der Waals surface area (Å²) in [5.74, 6) is -0.372. The summed E-state index contributed by atoms with van der Waals surface area (Å²) in [7, 11) is 0. The second-order valence-electron chi connectivity index (χ2n) is 6.51. The number of hydrogen-bond acceptors (Lipinski definition) is 5. The molecule has 28 heavy (non-hydrogen) atoms. The molecule has 1 N–H and O–H groups in total. The van der Waals surface area contributed by atoms with E-state index in [-0.39, 0.29) is 18.1 Å². The Labute approximate surface area is 169 Å². The van der Waals surface area contributed by atoms with E-state index < -0.39 is 11.9 Å². The van der Waals surface area contributed by atoms with Crippen molar-refractivity contribution in [1.82, 2.24) is 0 Å². The Morgan fingerprint density at radius 2 is 1.75 bits per heavy atom. The van der Waals surface area contributed by atoms with E-state index in [1.54, 1.807) is 24.3 Å². The fourth-order valence-electron chi connectivity index (χ4n) is 2.60. The quantitative estimate of drug-likeness (QED) is 0.490. The number of carbonyl (C=O) groups is 3. The fraction of sp³-hybridized carbons (Fsp3) is 0.318. The number of carbonyl (C=O) groups excluding carboxylic acids is 3. The first kappa shape index (κ1) is 21.7. The van der Waals surface area contributed by atoms with Gasteiger partial charge in [0.15, 0.2) is 6.61 Å². The third kappa shape index (κ3) is 6.23. The molecule has 0 heterocycles. The third-order valence-electron chi connectivity index (χ3n) is 4.25. The van der Waals surface area contributed by atoms with Gasteiger partial charge in [0.05, 0.1) is 11.3 Å². The Bertz CT molecular complexity index is 850. The van der Waals surface area contributed by atoms with Gasteiger partial charge in [0.2, 0.25) is 0 Å².